The molecule has 7 heteroatoms. The molecule has 0 unspecified atom stereocenters. The highest BCUT2D eigenvalue weighted by atomic mass is 16.6. The number of aromatic hydroxyl groups is 1. The van der Waals surface area contributed by atoms with E-state index in [1.807, 2.05) is 0 Å². The van der Waals surface area contributed by atoms with Crippen molar-refractivity contribution >= 4 is 17.6 Å². The molecule has 0 atom stereocenters. The van der Waals surface area contributed by atoms with Crippen LogP contribution in [0.4, 0.5) is 11.4 Å². The normalized spacial score (nSPS) is 10.7. The standard InChI is InChI=1S/C20H16N2O5/c1-26-17-7-9-19(10-8-17)27-18-5-2-15(3-6-18)21-13-14-12-16(22(24)25)4-11-20(14)23/h2-13,23H,1H3. The maximum Gasteiger partial charge on any atom is 0.270 e. The first kappa shape index (κ1) is 17.9. The number of non-ortho nitro benzene ring substituents is 1. The second-order valence-corrected chi connectivity index (χ2v) is 5.53. The van der Waals surface area contributed by atoms with Gasteiger partial charge in [0.2, 0.25) is 0 Å². The van der Waals surface area contributed by atoms with Crippen molar-refractivity contribution in [3.63, 3.8) is 0 Å². The summed E-state index contributed by atoms with van der Waals surface area (Å²) in [6.07, 6.45) is 1.38. The topological polar surface area (TPSA) is 94.2 Å². The second kappa shape index (κ2) is 8.01. The molecule has 0 heterocycles. The van der Waals surface area contributed by atoms with Gasteiger partial charge in [0, 0.05) is 23.9 Å². The summed E-state index contributed by atoms with van der Waals surface area (Å²) in [7, 11) is 1.60. The molecule has 0 aliphatic carbocycles. The van der Waals surface area contributed by atoms with Crippen LogP contribution in [0.5, 0.6) is 23.0 Å². The fraction of sp³-hybridized carbons (Fsp3) is 0.0500. The summed E-state index contributed by atoms with van der Waals surface area (Å²) in [5.41, 5.74) is 0.767. The van der Waals surface area contributed by atoms with E-state index in [4.69, 9.17) is 9.47 Å². The van der Waals surface area contributed by atoms with Gasteiger partial charge in [0.05, 0.1) is 17.7 Å². The van der Waals surface area contributed by atoms with Gasteiger partial charge in [0.15, 0.2) is 0 Å². The number of aliphatic imine (C=N–C) groups is 1. The number of benzene rings is 3. The van der Waals surface area contributed by atoms with Crippen molar-refractivity contribution in [3.8, 4) is 23.0 Å². The number of methoxy groups -OCH3 is 1. The van der Waals surface area contributed by atoms with E-state index in [0.717, 1.165) is 5.75 Å². The minimum absolute atomic E-state index is 0.0798. The Morgan fingerprint density at radius 2 is 1.56 bits per heavy atom. The van der Waals surface area contributed by atoms with E-state index < -0.39 is 4.92 Å². The number of phenols is 1. The number of phenolic OH excluding ortho intramolecular Hbond substituents is 1. The lowest BCUT2D eigenvalue weighted by molar-refractivity contribution is -0.384. The molecule has 0 spiro atoms. The van der Waals surface area contributed by atoms with E-state index >= 15 is 0 Å². The van der Waals surface area contributed by atoms with E-state index in [2.05, 4.69) is 4.99 Å². The largest absolute Gasteiger partial charge is 0.507 e. The van der Waals surface area contributed by atoms with Crippen LogP contribution in [0.2, 0.25) is 0 Å². The van der Waals surface area contributed by atoms with Gasteiger partial charge < -0.3 is 14.6 Å². The summed E-state index contributed by atoms with van der Waals surface area (Å²) in [6, 6.07) is 18.0. The molecule has 0 saturated carbocycles. The lowest BCUT2D eigenvalue weighted by Gasteiger charge is -2.06. The van der Waals surface area contributed by atoms with Crippen LogP contribution < -0.4 is 9.47 Å². The Balaban J connectivity index is 1.71. The highest BCUT2D eigenvalue weighted by Gasteiger charge is 2.08. The summed E-state index contributed by atoms with van der Waals surface area (Å²) in [5, 5.41) is 20.6. The van der Waals surface area contributed by atoms with Gasteiger partial charge in [-0.2, -0.15) is 0 Å². The third-order valence-corrected chi connectivity index (χ3v) is 3.71. The van der Waals surface area contributed by atoms with Gasteiger partial charge in [-0.15, -0.1) is 0 Å². The monoisotopic (exact) mass is 364 g/mol. The van der Waals surface area contributed by atoms with Crippen LogP contribution in [0.25, 0.3) is 0 Å². The lowest BCUT2D eigenvalue weighted by atomic mass is 10.2. The fourth-order valence-electron chi connectivity index (χ4n) is 2.28. The van der Waals surface area contributed by atoms with E-state index in [1.165, 1.54) is 24.4 Å². The summed E-state index contributed by atoms with van der Waals surface area (Å²) in [5.74, 6) is 1.98. The van der Waals surface area contributed by atoms with Gasteiger partial charge in [-0.05, 0) is 54.6 Å². The molecule has 0 aliphatic heterocycles. The molecule has 0 aliphatic rings. The van der Waals surface area contributed by atoms with Gasteiger partial charge in [0.25, 0.3) is 5.69 Å². The second-order valence-electron chi connectivity index (χ2n) is 5.53. The third kappa shape index (κ3) is 4.60. The predicted octanol–water partition coefficient (Wildman–Crippen LogP) is 4.85. The Hall–Kier alpha value is -3.87. The molecular weight excluding hydrogens is 348 g/mol. The van der Waals surface area contributed by atoms with Crippen LogP contribution in [0.15, 0.2) is 71.7 Å². The number of nitro benzene ring substituents is 1. The van der Waals surface area contributed by atoms with Crippen molar-refractivity contribution in [1.82, 2.24) is 0 Å². The van der Waals surface area contributed by atoms with Gasteiger partial charge in [0.1, 0.15) is 23.0 Å². The summed E-state index contributed by atoms with van der Waals surface area (Å²) < 4.78 is 10.8. The van der Waals surface area contributed by atoms with Crippen LogP contribution in [-0.4, -0.2) is 23.4 Å². The molecule has 3 rings (SSSR count). The van der Waals surface area contributed by atoms with E-state index in [1.54, 1.807) is 55.6 Å². The fourth-order valence-corrected chi connectivity index (χ4v) is 2.28. The first-order valence-electron chi connectivity index (χ1n) is 7.98. The van der Waals surface area contributed by atoms with E-state index in [9.17, 15) is 15.2 Å². The van der Waals surface area contributed by atoms with Crippen molar-refractivity contribution < 1.29 is 19.5 Å². The van der Waals surface area contributed by atoms with Gasteiger partial charge in [-0.25, -0.2) is 0 Å². The van der Waals surface area contributed by atoms with Crippen molar-refractivity contribution in [1.29, 1.82) is 0 Å². The summed E-state index contributed by atoms with van der Waals surface area (Å²) in [4.78, 5) is 14.5. The Bertz CT molecular complexity index is 967. The minimum atomic E-state index is -0.526. The molecule has 0 amide bonds. The number of nitro groups is 1. The molecule has 0 saturated heterocycles. The molecule has 3 aromatic rings. The number of nitrogens with zero attached hydrogens (tertiary/aromatic N) is 2. The molecule has 0 radical (unpaired) electrons. The van der Waals surface area contributed by atoms with Crippen molar-refractivity contribution in [2.24, 2.45) is 4.99 Å². The van der Waals surface area contributed by atoms with Crippen LogP contribution in [0, 0.1) is 10.1 Å². The van der Waals surface area contributed by atoms with Crippen LogP contribution >= 0.6 is 0 Å². The smallest absolute Gasteiger partial charge is 0.270 e. The van der Waals surface area contributed by atoms with E-state index in [0.29, 0.717) is 17.2 Å². The number of ether oxygens (including phenoxy) is 2. The van der Waals surface area contributed by atoms with Crippen molar-refractivity contribution in [2.75, 3.05) is 7.11 Å². The Morgan fingerprint density at radius 1 is 0.963 bits per heavy atom. The first-order valence-corrected chi connectivity index (χ1v) is 7.98. The highest BCUT2D eigenvalue weighted by Crippen LogP contribution is 2.26. The lowest BCUT2D eigenvalue weighted by Crippen LogP contribution is -1.90. The van der Waals surface area contributed by atoms with Crippen LogP contribution in [0.3, 0.4) is 0 Å². The molecule has 0 aromatic heterocycles. The molecule has 136 valence electrons. The Morgan fingerprint density at radius 3 is 2.15 bits per heavy atom. The molecule has 7 nitrogen and oxygen atoms in total. The summed E-state index contributed by atoms with van der Waals surface area (Å²) in [6.45, 7) is 0. The number of hydrogen-bond donors (Lipinski definition) is 1. The zero-order valence-corrected chi connectivity index (χ0v) is 14.4. The zero-order valence-electron chi connectivity index (χ0n) is 14.4. The van der Waals surface area contributed by atoms with Gasteiger partial charge >= 0.3 is 0 Å². The Labute approximate surface area is 155 Å². The van der Waals surface area contributed by atoms with Crippen molar-refractivity contribution in [2.45, 2.75) is 0 Å². The minimum Gasteiger partial charge on any atom is -0.507 e. The molecule has 0 fully saturated rings. The molecule has 3 aromatic carbocycles. The predicted molar refractivity (Wildman–Crippen MR) is 102 cm³/mol. The molecule has 0 bridgehead atoms. The zero-order chi connectivity index (χ0) is 19.2. The third-order valence-electron chi connectivity index (χ3n) is 3.71. The molecule has 1 N–H and O–H groups in total. The average Bonchev–Trinajstić information content (AvgIpc) is 2.69. The number of rotatable bonds is 6. The summed E-state index contributed by atoms with van der Waals surface area (Å²) >= 11 is 0. The number of hydrogen-bond acceptors (Lipinski definition) is 6. The Kier molecular flexibility index (Phi) is 5.32. The van der Waals surface area contributed by atoms with Crippen LogP contribution in [0.1, 0.15) is 5.56 Å². The SMILES string of the molecule is COc1ccc(Oc2ccc(N=Cc3cc([N+](=O)[O-])ccc3O)cc2)cc1. The quantitative estimate of drug-likeness (QED) is 0.383. The highest BCUT2D eigenvalue weighted by molar-refractivity contribution is 5.86. The van der Waals surface area contributed by atoms with E-state index in [-0.39, 0.29) is 17.0 Å². The maximum absolute atomic E-state index is 10.8. The molecule has 27 heavy (non-hydrogen) atoms. The van der Waals surface area contributed by atoms with Gasteiger partial charge in [-0.3, -0.25) is 15.1 Å². The average molecular weight is 364 g/mol. The molecular formula is C20H16N2O5. The van der Waals surface area contributed by atoms with Crippen LogP contribution in [-0.2, 0) is 0 Å². The first-order chi connectivity index (χ1) is 13.0. The van der Waals surface area contributed by atoms with Gasteiger partial charge in [-0.1, -0.05) is 0 Å². The van der Waals surface area contributed by atoms with Crippen molar-refractivity contribution in [3.05, 3.63) is 82.4 Å². The maximum atomic E-state index is 10.8.